The first-order valence-corrected chi connectivity index (χ1v) is 47.8. The number of nitrogens with two attached hydrogens (primary N) is 2. The maximum atomic E-state index is 11.6. The highest BCUT2D eigenvalue weighted by Gasteiger charge is 2.25. The average molecular weight is 1830 g/mol. The van der Waals surface area contributed by atoms with Crippen molar-refractivity contribution in [2.75, 3.05) is 65.4 Å². The van der Waals surface area contributed by atoms with E-state index in [9.17, 15) is 51.9 Å². The Kier molecular flexibility index (Phi) is 34.2. The maximum Gasteiger partial charge on any atom is 0.200 e. The molecule has 0 unspecified atom stereocenters. The Morgan fingerprint density at radius 3 is 1.23 bits per heavy atom. The molecule has 10 aromatic rings. The van der Waals surface area contributed by atoms with E-state index in [1.54, 1.807) is 24.3 Å². The molecule has 20 nitrogen and oxygen atoms in total. The van der Waals surface area contributed by atoms with Crippen molar-refractivity contribution in [3.63, 3.8) is 0 Å². The van der Waals surface area contributed by atoms with Crippen LogP contribution in [0.1, 0.15) is 128 Å². The predicted molar refractivity (Wildman–Crippen MR) is 523 cm³/mol. The Balaban J connectivity index is 0.000000230. The van der Waals surface area contributed by atoms with Crippen molar-refractivity contribution in [2.24, 2.45) is 0 Å². The Morgan fingerprint density at radius 2 is 0.783 bits per heavy atom. The third-order valence-corrected chi connectivity index (χ3v) is 26.2. The van der Waals surface area contributed by atoms with E-state index in [0.717, 1.165) is 153 Å². The van der Waals surface area contributed by atoms with Gasteiger partial charge in [-0.15, -0.1) is 0 Å². The number of nitrogens with one attached hydrogen (secondary N) is 1. The van der Waals surface area contributed by atoms with Crippen molar-refractivity contribution in [3.8, 4) is 0 Å². The van der Waals surface area contributed by atoms with Crippen LogP contribution in [-0.4, -0.2) is 117 Å². The molecule has 129 heavy (non-hydrogen) atoms. The van der Waals surface area contributed by atoms with E-state index in [1.807, 2.05) is 165 Å². The molecule has 0 bridgehead atoms. The third-order valence-electron chi connectivity index (χ3n) is 22.5. The van der Waals surface area contributed by atoms with Crippen LogP contribution < -0.4 is 26.2 Å². The lowest BCUT2D eigenvalue weighted by Crippen LogP contribution is -2.22. The number of benzene rings is 10. The van der Waals surface area contributed by atoms with Crippen molar-refractivity contribution in [3.05, 3.63) is 405 Å². The minimum absolute atomic E-state index is 0. The fourth-order valence-electron chi connectivity index (χ4n) is 15.6. The molecule has 670 valence electrons. The molecule has 5 N–H and O–H groups in total. The lowest BCUT2D eigenvalue weighted by molar-refractivity contribution is -0.539. The molecule has 25 heteroatoms. The Hall–Kier alpha value is -12.5. The number of anilines is 5. The molecule has 0 heterocycles. The molecule has 0 saturated carbocycles. The average Bonchev–Trinajstić information content (AvgIpc) is 0.747. The van der Waals surface area contributed by atoms with Crippen LogP contribution in [0.15, 0.2) is 333 Å². The van der Waals surface area contributed by atoms with E-state index in [2.05, 4.69) is 148 Å². The van der Waals surface area contributed by atoms with Gasteiger partial charge in [-0.3, -0.25) is 0 Å². The number of aryl methyl sites for hydroxylation is 3. The van der Waals surface area contributed by atoms with Gasteiger partial charge in [0.1, 0.15) is 53.6 Å². The fourth-order valence-corrected chi connectivity index (χ4v) is 18.0. The number of nitrogens with zero attached hydrogens (tertiary/aromatic N) is 5. The van der Waals surface area contributed by atoms with Gasteiger partial charge in [-0.05, 0) is 322 Å². The van der Waals surface area contributed by atoms with Gasteiger partial charge in [0, 0.05) is 129 Å². The standard InChI is InChI=1S/C42H47N3O6S2.C39H39ClN2O6S2.C21H21N3.2CH3/c1-6-43(7-2)38-24-25-41(31(5)26-38)42(34-16-20-36(21-17-34)44(8-3)29-32-12-10-14-39(27-32)52(46,47)48)35-18-22-37(23-19-35)45(9-4)30-33-13-11-15-40(28-33)53(49,50)51;1-5-41(25-29-11-9-13-33(23-29)49(43,44)45)31-17-19-35(27(3)21-31)39(37-15-7-8-16-38(37)40)36-20-18-32(22-28(36)4)42(6-2)26-30-12-10-14-34(24-30)50(46,47)48;1-13-11-16(5-9-19(13)23)21(15-3-7-18(22)8-4-15)17-6-10-20(24)14(2)12-17;;/h10-28H,6-9,29-30H2,1-5H3,(H-,46,47,48,49,50,51);7-24H,5-6,25-26H2,1-4H3,(H-,43,44,45,46,47,48);3-12,23H,22,24H2,1-2H3;2*1H3/q;;;2*+1/p-2. The number of halogens is 1. The summed E-state index contributed by atoms with van der Waals surface area (Å²) in [6.45, 7) is 28.8. The summed E-state index contributed by atoms with van der Waals surface area (Å²) in [7, 11) is -18.2. The zero-order chi connectivity index (χ0) is 91.8. The van der Waals surface area contributed by atoms with Crippen LogP contribution in [0.25, 0.3) is 16.7 Å². The van der Waals surface area contributed by atoms with Gasteiger partial charge in [0.2, 0.25) is 0 Å². The highest BCUT2D eigenvalue weighted by atomic mass is 35.5. The number of hydrogen-bond acceptors (Lipinski definition) is 18. The minimum atomic E-state index is -4.56. The van der Waals surface area contributed by atoms with Crippen LogP contribution in [0.2, 0.25) is 5.02 Å². The molecule has 3 aliphatic rings. The normalized spacial score (nSPS) is 14.3. The zero-order valence-corrected chi connectivity index (χ0v) is 79.0. The molecular formula is C104H111ClN8O12S4. The monoisotopic (exact) mass is 1830 g/mol. The molecule has 0 aliphatic heterocycles. The molecule has 0 spiro atoms. The lowest BCUT2D eigenvalue weighted by Gasteiger charge is -2.26. The van der Waals surface area contributed by atoms with Gasteiger partial charge < -0.3 is 49.8 Å². The molecule has 0 aromatic heterocycles. The topological polar surface area (TPSA) is 320 Å². The van der Waals surface area contributed by atoms with Crippen LogP contribution in [0.5, 0.6) is 0 Å². The summed E-state index contributed by atoms with van der Waals surface area (Å²) < 4.78 is 144. The molecule has 13 rings (SSSR count). The second-order valence-corrected chi connectivity index (χ2v) is 37.0. The number of rotatable bonds is 27. The Bertz CT molecular complexity index is 6700. The Labute approximate surface area is 767 Å². The first-order chi connectivity index (χ1) is 60.4. The summed E-state index contributed by atoms with van der Waals surface area (Å²) in [6.07, 6.45) is 20.4. The summed E-state index contributed by atoms with van der Waals surface area (Å²) in [6, 6.07) is 67.4. The van der Waals surface area contributed by atoms with E-state index < -0.39 is 40.5 Å². The van der Waals surface area contributed by atoms with Gasteiger partial charge in [0.05, 0.1) is 25.3 Å². The fraction of sp³-hybridized carbons (Fsp3) is 0.202. The summed E-state index contributed by atoms with van der Waals surface area (Å²) in [5, 5.41) is 8.53. The number of nitrogen functional groups attached to an aromatic ring is 2. The van der Waals surface area contributed by atoms with E-state index in [4.69, 9.17) is 28.5 Å². The van der Waals surface area contributed by atoms with E-state index in [-0.39, 0.29) is 34.4 Å². The van der Waals surface area contributed by atoms with Crippen molar-refractivity contribution < 1.29 is 61.0 Å². The molecule has 0 atom stereocenters. The highest BCUT2D eigenvalue weighted by molar-refractivity contribution is 7.86. The highest BCUT2D eigenvalue weighted by Crippen LogP contribution is 2.41. The van der Waals surface area contributed by atoms with Gasteiger partial charge in [-0.2, -0.15) is 0 Å². The van der Waals surface area contributed by atoms with E-state index in [1.165, 1.54) is 54.2 Å². The largest absolute Gasteiger partial charge is 0.744 e. The molecule has 0 fully saturated rings. The van der Waals surface area contributed by atoms with Gasteiger partial charge in [0.25, 0.3) is 0 Å². The van der Waals surface area contributed by atoms with Gasteiger partial charge in [-0.25, -0.2) is 42.8 Å². The Morgan fingerprint density at radius 1 is 0.372 bits per heavy atom. The van der Waals surface area contributed by atoms with Crippen molar-refractivity contribution in [1.29, 1.82) is 5.41 Å². The number of allylic oxidation sites excluding steroid dienone is 15. The zero-order valence-electron chi connectivity index (χ0n) is 75.0. The quantitative estimate of drug-likeness (QED) is 0.0186. The second kappa shape index (κ2) is 44.0. The maximum absolute atomic E-state index is 11.6. The number of hydrogen-bond donors (Lipinski definition) is 3. The van der Waals surface area contributed by atoms with Crippen LogP contribution in [0, 0.1) is 41.0 Å². The SMILES string of the molecule is CC1=CC(=C(c2ccc(N)cc2)c2ccc(N)c(C)c2)C=CC1=N.CCN(CC)c1ccc(C(=C2C=CC(=[N+](CC)Cc3cccc(S(=O)(=O)[O-])c3)C=C2)c2ccc(N(CC)Cc3cccc(S(=O)(=O)[O-])c3)cc2)c(C)c1.CCN(Cc1cccc(S(=O)(=O)[O-])c1)c1ccc(C(=C2C=CC(=[N+](CC)Cc3cccc(S(=O)(=O)[O-])c3)C=C2C)c2ccccc2Cl)c(C)c1.[CH3+].[CH3+]. The van der Waals surface area contributed by atoms with Crippen molar-refractivity contribution in [2.45, 2.75) is 122 Å². The van der Waals surface area contributed by atoms with Crippen molar-refractivity contribution >= 4 is 114 Å². The summed E-state index contributed by atoms with van der Waals surface area (Å²) in [5.74, 6) is 0. The molecule has 3 aliphatic carbocycles. The van der Waals surface area contributed by atoms with Crippen LogP contribution in [-0.2, 0) is 66.7 Å². The molecule has 10 aromatic carbocycles. The van der Waals surface area contributed by atoms with Crippen LogP contribution >= 0.6 is 11.6 Å². The molecule has 0 radical (unpaired) electrons. The minimum Gasteiger partial charge on any atom is -0.744 e. The summed E-state index contributed by atoms with van der Waals surface area (Å²) >= 11 is 6.83. The van der Waals surface area contributed by atoms with E-state index >= 15 is 0 Å². The third kappa shape index (κ3) is 25.5. The van der Waals surface area contributed by atoms with Gasteiger partial charge in [0.15, 0.2) is 24.5 Å². The summed E-state index contributed by atoms with van der Waals surface area (Å²) in [5.41, 5.74) is 39.4. The first-order valence-electron chi connectivity index (χ1n) is 41.8. The summed E-state index contributed by atoms with van der Waals surface area (Å²) in [4.78, 5) is 5.60. The van der Waals surface area contributed by atoms with Gasteiger partial charge >= 0.3 is 0 Å². The van der Waals surface area contributed by atoms with Gasteiger partial charge in [-0.1, -0.05) is 127 Å². The van der Waals surface area contributed by atoms with Crippen LogP contribution in [0.4, 0.5) is 28.4 Å². The van der Waals surface area contributed by atoms with Crippen molar-refractivity contribution in [1.82, 2.24) is 0 Å². The molecular weight excluding hydrogens is 1720 g/mol. The second-order valence-electron chi connectivity index (χ2n) is 31.1. The predicted octanol–water partition coefficient (Wildman–Crippen LogP) is 20.1. The lowest BCUT2D eigenvalue weighted by atomic mass is 9.85. The van der Waals surface area contributed by atoms with Crippen LogP contribution in [0.3, 0.4) is 0 Å². The first kappa shape index (κ1) is 100. The smallest absolute Gasteiger partial charge is 0.200 e. The van der Waals surface area contributed by atoms with E-state index in [0.29, 0.717) is 74.2 Å². The molecule has 0 saturated heterocycles. The molecule has 0 amide bonds.